The first-order chi connectivity index (χ1) is 6.99. The van der Waals surface area contributed by atoms with Crippen molar-refractivity contribution < 1.29 is 17.9 Å². The van der Waals surface area contributed by atoms with Crippen molar-refractivity contribution in [2.45, 2.75) is 24.3 Å². The molecule has 5 atom stereocenters. The predicted octanol–water partition coefficient (Wildman–Crippen LogP) is 2.90. The number of allylic oxidation sites excluding steroid dienone is 1. The summed E-state index contributed by atoms with van der Waals surface area (Å²) in [5, 5.41) is -0.151. The maximum absolute atomic E-state index is 12.9. The quantitative estimate of drug-likeness (QED) is 0.531. The van der Waals surface area contributed by atoms with Gasteiger partial charge < -0.3 is 4.74 Å². The molecule has 1 nitrogen and oxygen atoms in total. The molecule has 0 aromatic heterocycles. The summed E-state index contributed by atoms with van der Waals surface area (Å²) in [6.07, 6.45) is 0.299. The number of hydrogen-bond acceptors (Lipinski definition) is 1. The summed E-state index contributed by atoms with van der Waals surface area (Å²) in [7, 11) is 0. The average Bonchev–Trinajstić information content (AvgIpc) is 2.59. The SMILES string of the molecule is FC(F)(F)C1(CBr)OC2C3C=CC(C3)C21. The summed E-state index contributed by atoms with van der Waals surface area (Å²) in [6, 6.07) is 0. The fraction of sp³-hybridized carbons (Fsp3) is 0.800. The Morgan fingerprint density at radius 1 is 1.33 bits per heavy atom. The normalized spacial score (nSPS) is 51.7. The topological polar surface area (TPSA) is 9.23 Å². The van der Waals surface area contributed by atoms with Gasteiger partial charge in [-0.25, -0.2) is 0 Å². The van der Waals surface area contributed by atoms with E-state index in [0.29, 0.717) is 0 Å². The number of rotatable bonds is 1. The summed E-state index contributed by atoms with van der Waals surface area (Å²) in [6.45, 7) is 0. The molecule has 2 fully saturated rings. The third-order valence-electron chi connectivity index (χ3n) is 3.95. The molecular weight excluding hydrogens is 273 g/mol. The minimum atomic E-state index is -4.27. The Morgan fingerprint density at radius 2 is 2.00 bits per heavy atom. The minimum Gasteiger partial charge on any atom is -0.360 e. The van der Waals surface area contributed by atoms with Crippen molar-refractivity contribution in [3.8, 4) is 0 Å². The third kappa shape index (κ3) is 1.04. The lowest BCUT2D eigenvalue weighted by atomic mass is 9.72. The van der Waals surface area contributed by atoms with Crippen molar-refractivity contribution in [3.63, 3.8) is 0 Å². The molecule has 84 valence electrons. The smallest absolute Gasteiger partial charge is 0.360 e. The van der Waals surface area contributed by atoms with Crippen LogP contribution in [0.4, 0.5) is 13.2 Å². The van der Waals surface area contributed by atoms with Crippen LogP contribution >= 0.6 is 15.9 Å². The van der Waals surface area contributed by atoms with Crippen LogP contribution in [0.2, 0.25) is 0 Å². The predicted molar refractivity (Wildman–Crippen MR) is 51.7 cm³/mol. The second-order valence-corrected chi connectivity index (χ2v) is 5.14. The van der Waals surface area contributed by atoms with E-state index in [4.69, 9.17) is 4.74 Å². The molecule has 5 unspecified atom stereocenters. The molecule has 1 saturated heterocycles. The number of fused-ring (bicyclic) bond motifs is 5. The van der Waals surface area contributed by atoms with Crippen molar-refractivity contribution >= 4 is 15.9 Å². The second-order valence-electron chi connectivity index (χ2n) is 4.58. The van der Waals surface area contributed by atoms with Crippen molar-refractivity contribution in [3.05, 3.63) is 12.2 Å². The highest BCUT2D eigenvalue weighted by molar-refractivity contribution is 9.09. The fourth-order valence-electron chi connectivity index (χ4n) is 3.25. The summed E-state index contributed by atoms with van der Waals surface area (Å²) in [5.41, 5.74) is -1.93. The van der Waals surface area contributed by atoms with Gasteiger partial charge in [0.1, 0.15) is 0 Å². The van der Waals surface area contributed by atoms with Crippen LogP contribution < -0.4 is 0 Å². The lowest BCUT2D eigenvalue weighted by molar-refractivity contribution is -0.374. The molecule has 15 heavy (non-hydrogen) atoms. The van der Waals surface area contributed by atoms with Gasteiger partial charge in [-0.3, -0.25) is 0 Å². The van der Waals surface area contributed by atoms with Crippen LogP contribution in [0.3, 0.4) is 0 Å². The highest BCUT2D eigenvalue weighted by Crippen LogP contribution is 2.63. The highest BCUT2D eigenvalue weighted by atomic mass is 79.9. The van der Waals surface area contributed by atoms with Crippen molar-refractivity contribution in [2.24, 2.45) is 17.8 Å². The van der Waals surface area contributed by atoms with Crippen LogP contribution in [0, 0.1) is 17.8 Å². The van der Waals surface area contributed by atoms with E-state index in [2.05, 4.69) is 15.9 Å². The molecule has 2 bridgehead atoms. The van der Waals surface area contributed by atoms with E-state index in [1.165, 1.54) is 0 Å². The number of halogens is 4. The van der Waals surface area contributed by atoms with Gasteiger partial charge >= 0.3 is 6.18 Å². The van der Waals surface area contributed by atoms with E-state index in [-0.39, 0.29) is 29.2 Å². The molecule has 0 spiro atoms. The number of hydrogen-bond donors (Lipinski definition) is 0. The lowest BCUT2D eigenvalue weighted by Gasteiger charge is -2.55. The zero-order valence-electron chi connectivity index (χ0n) is 7.80. The number of alkyl halides is 4. The Hall–Kier alpha value is -0.0300. The first-order valence-electron chi connectivity index (χ1n) is 4.98. The Morgan fingerprint density at radius 3 is 2.53 bits per heavy atom. The highest BCUT2D eigenvalue weighted by Gasteiger charge is 2.74. The van der Waals surface area contributed by atoms with Gasteiger partial charge in [-0.15, -0.1) is 0 Å². The largest absolute Gasteiger partial charge is 0.418 e. The fourth-order valence-corrected chi connectivity index (χ4v) is 4.07. The summed E-state index contributed by atoms with van der Waals surface area (Å²) >= 11 is 2.96. The van der Waals surface area contributed by atoms with Crippen LogP contribution in [0.5, 0.6) is 0 Å². The van der Waals surface area contributed by atoms with Gasteiger partial charge in [0.25, 0.3) is 0 Å². The Kier molecular flexibility index (Phi) is 1.89. The van der Waals surface area contributed by atoms with Crippen LogP contribution in [-0.2, 0) is 4.74 Å². The van der Waals surface area contributed by atoms with Crippen molar-refractivity contribution in [1.82, 2.24) is 0 Å². The molecule has 0 aromatic carbocycles. The monoisotopic (exact) mass is 282 g/mol. The molecule has 1 aliphatic heterocycles. The van der Waals surface area contributed by atoms with Crippen LogP contribution in [-0.4, -0.2) is 23.2 Å². The third-order valence-corrected chi connectivity index (χ3v) is 4.78. The van der Waals surface area contributed by atoms with E-state index in [9.17, 15) is 13.2 Å². The van der Waals surface area contributed by atoms with E-state index in [0.717, 1.165) is 6.42 Å². The Labute approximate surface area is 93.8 Å². The molecule has 0 aromatic rings. The standard InChI is InChI=1S/C10H10BrF3O/c11-4-9(10(12,13)14)7-5-1-2-6(3-5)8(7)15-9/h1-2,5-8H,3-4H2. The van der Waals surface area contributed by atoms with Crippen molar-refractivity contribution in [2.75, 3.05) is 5.33 Å². The van der Waals surface area contributed by atoms with Crippen molar-refractivity contribution in [1.29, 1.82) is 0 Å². The molecule has 0 radical (unpaired) electrons. The zero-order chi connectivity index (χ0) is 10.8. The minimum absolute atomic E-state index is 0.0629. The summed E-state index contributed by atoms with van der Waals surface area (Å²) in [5.74, 6) is -0.0886. The molecule has 3 rings (SSSR count). The van der Waals surface area contributed by atoms with E-state index >= 15 is 0 Å². The molecule has 5 heteroatoms. The zero-order valence-corrected chi connectivity index (χ0v) is 9.38. The number of ether oxygens (including phenoxy) is 1. The molecule has 0 amide bonds. The Bertz CT molecular complexity index is 327. The molecule has 2 aliphatic carbocycles. The maximum atomic E-state index is 12.9. The molecule has 1 saturated carbocycles. The van der Waals surface area contributed by atoms with Gasteiger partial charge in [0.15, 0.2) is 5.60 Å². The van der Waals surface area contributed by atoms with E-state index < -0.39 is 11.8 Å². The van der Waals surface area contributed by atoms with E-state index in [1.54, 1.807) is 0 Å². The lowest BCUT2D eigenvalue weighted by Crippen LogP contribution is -2.69. The molecule has 0 N–H and O–H groups in total. The van der Waals surface area contributed by atoms with Crippen LogP contribution in [0.15, 0.2) is 12.2 Å². The first-order valence-corrected chi connectivity index (χ1v) is 6.10. The molecule has 3 aliphatic rings. The molecular formula is C10H10BrF3O. The van der Waals surface area contributed by atoms with Gasteiger partial charge in [0.2, 0.25) is 0 Å². The van der Waals surface area contributed by atoms with Gasteiger partial charge in [0, 0.05) is 17.2 Å². The van der Waals surface area contributed by atoms with Crippen LogP contribution in [0.1, 0.15) is 6.42 Å². The van der Waals surface area contributed by atoms with Gasteiger partial charge in [-0.1, -0.05) is 28.1 Å². The Balaban J connectivity index is 1.94. The molecule has 1 heterocycles. The second kappa shape index (κ2) is 2.80. The van der Waals surface area contributed by atoms with E-state index in [1.807, 2.05) is 12.2 Å². The average molecular weight is 283 g/mol. The van der Waals surface area contributed by atoms with Gasteiger partial charge in [-0.05, 0) is 12.3 Å². The summed E-state index contributed by atoms with van der Waals surface area (Å²) in [4.78, 5) is 0. The van der Waals surface area contributed by atoms with Crippen LogP contribution in [0.25, 0.3) is 0 Å². The summed E-state index contributed by atoms with van der Waals surface area (Å²) < 4.78 is 44.0. The van der Waals surface area contributed by atoms with Gasteiger partial charge in [0.05, 0.1) is 6.10 Å². The maximum Gasteiger partial charge on any atom is 0.418 e. The van der Waals surface area contributed by atoms with Gasteiger partial charge in [-0.2, -0.15) is 13.2 Å². The first kappa shape index (κ1) is 10.1.